The Balaban J connectivity index is 2.52. The van der Waals surface area contributed by atoms with Crippen LogP contribution in [0.4, 0.5) is 5.82 Å². The van der Waals surface area contributed by atoms with E-state index in [9.17, 15) is 0 Å². The molecule has 84 valence electrons. The minimum absolute atomic E-state index is 0.0817. The largest absolute Gasteiger partial charge is 0.392 e. The van der Waals surface area contributed by atoms with E-state index < -0.39 is 0 Å². The molecule has 0 fully saturated rings. The van der Waals surface area contributed by atoms with Gasteiger partial charge in [0.2, 0.25) is 0 Å². The molecule has 3 nitrogen and oxygen atoms in total. The van der Waals surface area contributed by atoms with Crippen LogP contribution < -0.4 is 4.90 Å². The maximum atomic E-state index is 9.01. The van der Waals surface area contributed by atoms with Gasteiger partial charge in [0.1, 0.15) is 5.82 Å². The number of aliphatic hydroxyl groups is 1. The third kappa shape index (κ3) is 3.88. The van der Waals surface area contributed by atoms with Gasteiger partial charge in [0.05, 0.1) is 6.61 Å². The summed E-state index contributed by atoms with van der Waals surface area (Å²) in [6, 6.07) is 3.77. The third-order valence-electron chi connectivity index (χ3n) is 2.48. The molecule has 0 aliphatic rings. The van der Waals surface area contributed by atoms with Crippen molar-refractivity contribution < 1.29 is 5.11 Å². The second-order valence-electron chi connectivity index (χ2n) is 3.81. The average Bonchev–Trinajstić information content (AvgIpc) is 2.29. The molecule has 0 aliphatic heterocycles. The standard InChI is InChI=1S/C12H20N2O/c1-3-4-5-8-14(2)12-9-11(10-15)6-7-13-12/h6-7,9,15H,3-5,8,10H2,1-2H3. The molecule has 0 aromatic carbocycles. The lowest BCUT2D eigenvalue weighted by Crippen LogP contribution is -2.19. The van der Waals surface area contributed by atoms with Crippen molar-refractivity contribution in [2.75, 3.05) is 18.5 Å². The first-order chi connectivity index (χ1) is 7.27. The van der Waals surface area contributed by atoms with E-state index in [2.05, 4.69) is 16.8 Å². The van der Waals surface area contributed by atoms with Crippen LogP contribution in [0.1, 0.15) is 31.7 Å². The first-order valence-electron chi connectivity index (χ1n) is 5.55. The Morgan fingerprint density at radius 1 is 1.40 bits per heavy atom. The Kier molecular flexibility index (Phi) is 5.12. The Morgan fingerprint density at radius 3 is 2.87 bits per heavy atom. The number of unbranched alkanes of at least 4 members (excludes halogenated alkanes) is 2. The fourth-order valence-corrected chi connectivity index (χ4v) is 1.48. The first-order valence-corrected chi connectivity index (χ1v) is 5.55. The maximum Gasteiger partial charge on any atom is 0.128 e. The molecule has 0 bridgehead atoms. The van der Waals surface area contributed by atoms with Crippen LogP contribution in [0.15, 0.2) is 18.3 Å². The summed E-state index contributed by atoms with van der Waals surface area (Å²) in [5, 5.41) is 9.01. The lowest BCUT2D eigenvalue weighted by atomic mass is 10.2. The molecule has 0 unspecified atom stereocenters. The van der Waals surface area contributed by atoms with Gasteiger partial charge in [-0.2, -0.15) is 0 Å². The highest BCUT2D eigenvalue weighted by atomic mass is 16.3. The molecule has 1 rings (SSSR count). The highest BCUT2D eigenvalue weighted by molar-refractivity contribution is 5.39. The number of anilines is 1. The van der Waals surface area contributed by atoms with Gasteiger partial charge in [0, 0.05) is 19.8 Å². The van der Waals surface area contributed by atoms with Gasteiger partial charge < -0.3 is 10.0 Å². The van der Waals surface area contributed by atoms with Gasteiger partial charge >= 0.3 is 0 Å². The quantitative estimate of drug-likeness (QED) is 0.728. The summed E-state index contributed by atoms with van der Waals surface area (Å²) >= 11 is 0. The highest BCUT2D eigenvalue weighted by Crippen LogP contribution is 2.11. The molecule has 1 N–H and O–H groups in total. The molecule has 0 saturated carbocycles. The predicted octanol–water partition coefficient (Wildman–Crippen LogP) is 2.20. The molecule has 0 aliphatic carbocycles. The van der Waals surface area contributed by atoms with E-state index in [1.807, 2.05) is 19.2 Å². The van der Waals surface area contributed by atoms with Crippen LogP contribution in [0.25, 0.3) is 0 Å². The van der Waals surface area contributed by atoms with Gasteiger partial charge in [0.25, 0.3) is 0 Å². The molecule has 0 radical (unpaired) electrons. The zero-order valence-electron chi connectivity index (χ0n) is 9.61. The number of rotatable bonds is 6. The number of pyridine rings is 1. The van der Waals surface area contributed by atoms with Crippen molar-refractivity contribution in [3.63, 3.8) is 0 Å². The smallest absolute Gasteiger partial charge is 0.128 e. The van der Waals surface area contributed by atoms with Crippen LogP contribution in [0.2, 0.25) is 0 Å². The number of hydrogen-bond acceptors (Lipinski definition) is 3. The van der Waals surface area contributed by atoms with Crippen LogP contribution >= 0.6 is 0 Å². The molecule has 1 aromatic heterocycles. The molecule has 1 aromatic rings. The Hall–Kier alpha value is -1.09. The van der Waals surface area contributed by atoms with E-state index in [-0.39, 0.29) is 6.61 Å². The fraction of sp³-hybridized carbons (Fsp3) is 0.583. The van der Waals surface area contributed by atoms with E-state index in [4.69, 9.17) is 5.11 Å². The lowest BCUT2D eigenvalue weighted by molar-refractivity contribution is 0.281. The molecule has 3 heteroatoms. The third-order valence-corrected chi connectivity index (χ3v) is 2.48. The zero-order chi connectivity index (χ0) is 11.1. The zero-order valence-corrected chi connectivity index (χ0v) is 9.61. The van der Waals surface area contributed by atoms with Crippen molar-refractivity contribution in [3.05, 3.63) is 23.9 Å². The van der Waals surface area contributed by atoms with Crippen molar-refractivity contribution in [1.29, 1.82) is 0 Å². The maximum absolute atomic E-state index is 9.01. The van der Waals surface area contributed by atoms with E-state index in [0.29, 0.717) is 0 Å². The normalized spacial score (nSPS) is 10.3. The fourth-order valence-electron chi connectivity index (χ4n) is 1.48. The SMILES string of the molecule is CCCCCN(C)c1cc(CO)ccn1. The summed E-state index contributed by atoms with van der Waals surface area (Å²) in [6.45, 7) is 3.30. The van der Waals surface area contributed by atoms with Crippen LogP contribution in [0.5, 0.6) is 0 Å². The van der Waals surface area contributed by atoms with Crippen LogP contribution in [-0.2, 0) is 6.61 Å². The lowest BCUT2D eigenvalue weighted by Gasteiger charge is -2.18. The summed E-state index contributed by atoms with van der Waals surface area (Å²) in [5.74, 6) is 0.942. The van der Waals surface area contributed by atoms with Crippen molar-refractivity contribution >= 4 is 5.82 Å². The van der Waals surface area contributed by atoms with Gasteiger partial charge in [-0.3, -0.25) is 0 Å². The Bertz CT molecular complexity index is 289. The number of aliphatic hydroxyl groups excluding tert-OH is 1. The summed E-state index contributed by atoms with van der Waals surface area (Å²) in [6.07, 6.45) is 5.43. The molecule has 0 saturated heterocycles. The highest BCUT2D eigenvalue weighted by Gasteiger charge is 2.02. The van der Waals surface area contributed by atoms with Crippen molar-refractivity contribution in [3.8, 4) is 0 Å². The van der Waals surface area contributed by atoms with Gasteiger partial charge in [0.15, 0.2) is 0 Å². The Labute approximate surface area is 91.8 Å². The number of hydrogen-bond donors (Lipinski definition) is 1. The second-order valence-corrected chi connectivity index (χ2v) is 3.81. The van der Waals surface area contributed by atoms with Crippen molar-refractivity contribution in [2.45, 2.75) is 32.8 Å². The van der Waals surface area contributed by atoms with Gasteiger partial charge in [-0.05, 0) is 24.1 Å². The van der Waals surface area contributed by atoms with E-state index in [0.717, 1.165) is 17.9 Å². The molecule has 0 atom stereocenters. The minimum Gasteiger partial charge on any atom is -0.392 e. The van der Waals surface area contributed by atoms with Crippen LogP contribution in [-0.4, -0.2) is 23.7 Å². The van der Waals surface area contributed by atoms with Gasteiger partial charge in [-0.25, -0.2) is 4.98 Å². The second kappa shape index (κ2) is 6.40. The molecule has 15 heavy (non-hydrogen) atoms. The van der Waals surface area contributed by atoms with E-state index in [1.54, 1.807) is 6.20 Å². The summed E-state index contributed by atoms with van der Waals surface area (Å²) in [7, 11) is 2.04. The number of aromatic nitrogens is 1. The molecule has 1 heterocycles. The van der Waals surface area contributed by atoms with Gasteiger partial charge in [-0.1, -0.05) is 19.8 Å². The van der Waals surface area contributed by atoms with Crippen molar-refractivity contribution in [1.82, 2.24) is 4.98 Å². The average molecular weight is 208 g/mol. The van der Waals surface area contributed by atoms with E-state index >= 15 is 0 Å². The van der Waals surface area contributed by atoms with Gasteiger partial charge in [-0.15, -0.1) is 0 Å². The topological polar surface area (TPSA) is 36.4 Å². The van der Waals surface area contributed by atoms with Crippen LogP contribution in [0, 0.1) is 0 Å². The summed E-state index contributed by atoms with van der Waals surface area (Å²) in [4.78, 5) is 6.41. The molecular weight excluding hydrogens is 188 g/mol. The van der Waals surface area contributed by atoms with Crippen molar-refractivity contribution in [2.24, 2.45) is 0 Å². The predicted molar refractivity (Wildman–Crippen MR) is 63.0 cm³/mol. The number of nitrogens with zero attached hydrogens (tertiary/aromatic N) is 2. The summed E-state index contributed by atoms with van der Waals surface area (Å²) in [5.41, 5.74) is 0.919. The Morgan fingerprint density at radius 2 is 2.20 bits per heavy atom. The molecular formula is C12H20N2O. The first kappa shape index (κ1) is 12.0. The minimum atomic E-state index is 0.0817. The molecule has 0 amide bonds. The monoisotopic (exact) mass is 208 g/mol. The van der Waals surface area contributed by atoms with E-state index in [1.165, 1.54) is 19.3 Å². The van der Waals surface area contributed by atoms with Crippen LogP contribution in [0.3, 0.4) is 0 Å². The summed E-state index contributed by atoms with van der Waals surface area (Å²) < 4.78 is 0. The molecule has 0 spiro atoms.